The highest BCUT2D eigenvalue weighted by atomic mass is 32.2. The van der Waals surface area contributed by atoms with Gasteiger partial charge in [0.05, 0.1) is 50.0 Å². The lowest BCUT2D eigenvalue weighted by Crippen LogP contribution is -2.49. The van der Waals surface area contributed by atoms with Crippen LogP contribution < -0.4 is 14.8 Å². The van der Waals surface area contributed by atoms with E-state index in [1.165, 1.54) is 0 Å². The van der Waals surface area contributed by atoms with Crippen molar-refractivity contribution in [1.29, 1.82) is 0 Å². The molecule has 0 bridgehead atoms. The van der Waals surface area contributed by atoms with E-state index in [0.717, 1.165) is 11.8 Å². The van der Waals surface area contributed by atoms with Gasteiger partial charge < -0.3 is 23.7 Å². The molecule has 2 aromatic heterocycles. The summed E-state index contributed by atoms with van der Waals surface area (Å²) < 4.78 is 55.3. The van der Waals surface area contributed by atoms with Crippen LogP contribution in [0.1, 0.15) is 56.5 Å². The number of sulfonamides is 1. The summed E-state index contributed by atoms with van der Waals surface area (Å²) in [7, 11) is -3.49. The van der Waals surface area contributed by atoms with E-state index in [4.69, 9.17) is 23.7 Å². The molecule has 3 heterocycles. The Morgan fingerprint density at radius 3 is 2.21 bits per heavy atom. The topological polar surface area (TPSA) is 206 Å². The molecular formula is C38H46N6O11S. The Labute approximate surface area is 324 Å². The molecule has 18 heteroatoms. The largest absolute Gasteiger partial charge is 0.491 e. The number of likely N-dealkylation sites (tertiary alicyclic amines) is 1. The smallest absolute Gasteiger partial charge is 0.424 e. The molecule has 2 aromatic carbocycles. The third-order valence-electron chi connectivity index (χ3n) is 8.38. The van der Waals surface area contributed by atoms with E-state index >= 15 is 0 Å². The maximum Gasteiger partial charge on any atom is 0.424 e. The molecule has 4 amide bonds. The number of nitrogens with one attached hydrogen (secondary N) is 2. The second-order valence-electron chi connectivity index (χ2n) is 14.0. The first kappa shape index (κ1) is 41.6. The maximum absolute atomic E-state index is 13.0. The minimum atomic E-state index is -3.49. The van der Waals surface area contributed by atoms with E-state index in [0.29, 0.717) is 56.6 Å². The van der Waals surface area contributed by atoms with Crippen LogP contribution in [-0.4, -0.2) is 103 Å². The van der Waals surface area contributed by atoms with E-state index in [1.54, 1.807) is 87.7 Å². The number of hydrogen-bond acceptors (Lipinski definition) is 13. The Hall–Kier alpha value is -5.59. The van der Waals surface area contributed by atoms with Crippen molar-refractivity contribution < 1.29 is 51.3 Å². The molecule has 0 radical (unpaired) electrons. The van der Waals surface area contributed by atoms with E-state index in [-0.39, 0.29) is 46.1 Å². The monoisotopic (exact) mass is 794 g/mol. The van der Waals surface area contributed by atoms with Crippen LogP contribution in [0, 0.1) is 13.8 Å². The first-order valence-electron chi connectivity index (χ1n) is 17.8. The number of fused-ring (bicyclic) bond motifs is 1. The highest BCUT2D eigenvalue weighted by Gasteiger charge is 2.41. The maximum atomic E-state index is 13.0. The van der Waals surface area contributed by atoms with Crippen molar-refractivity contribution >= 4 is 51.0 Å². The molecule has 1 unspecified atom stereocenters. The Bertz CT molecular complexity index is 2180. The van der Waals surface area contributed by atoms with Gasteiger partial charge in [-0.05, 0) is 82.0 Å². The molecular weight excluding hydrogens is 749 g/mol. The fourth-order valence-corrected chi connectivity index (χ4v) is 6.35. The van der Waals surface area contributed by atoms with Crippen molar-refractivity contribution in [2.24, 2.45) is 0 Å². The summed E-state index contributed by atoms with van der Waals surface area (Å²) in [4.78, 5) is 51.2. The highest BCUT2D eigenvalue weighted by molar-refractivity contribution is 7.92. The number of anilines is 2. The lowest BCUT2D eigenvalue weighted by molar-refractivity contribution is -0.147. The number of aryl methyl sites for hydroxylation is 2. The zero-order valence-corrected chi connectivity index (χ0v) is 32.9. The third-order valence-corrected chi connectivity index (χ3v) is 8.97. The van der Waals surface area contributed by atoms with Crippen molar-refractivity contribution in [3.8, 4) is 16.9 Å². The highest BCUT2D eigenvalue weighted by Crippen LogP contribution is 2.32. The minimum Gasteiger partial charge on any atom is -0.491 e. The lowest BCUT2D eigenvalue weighted by Gasteiger charge is -2.31. The number of ether oxygens (including phenoxy) is 5. The number of nitrogens with zero attached hydrogens (tertiary/aromatic N) is 4. The number of imide groups is 3. The van der Waals surface area contributed by atoms with Gasteiger partial charge in [-0.1, -0.05) is 24.3 Å². The molecule has 4 aromatic rings. The third kappa shape index (κ3) is 11.2. The number of piperidine rings is 1. The molecule has 1 aliphatic heterocycles. The van der Waals surface area contributed by atoms with Gasteiger partial charge in [0, 0.05) is 18.2 Å². The predicted octanol–water partition coefficient (Wildman–Crippen LogP) is 5.21. The fourth-order valence-electron chi connectivity index (χ4n) is 5.73. The van der Waals surface area contributed by atoms with E-state index in [1.807, 2.05) is 6.07 Å². The molecule has 56 heavy (non-hydrogen) atoms. The Balaban J connectivity index is 1.00. The number of pyridine rings is 1. The molecule has 1 saturated heterocycles. The number of hydrogen-bond donors (Lipinski definition) is 2. The van der Waals surface area contributed by atoms with Gasteiger partial charge in [-0.25, -0.2) is 18.0 Å². The van der Waals surface area contributed by atoms with Crippen LogP contribution in [0.4, 0.5) is 21.0 Å². The Morgan fingerprint density at radius 1 is 0.875 bits per heavy atom. The van der Waals surface area contributed by atoms with Gasteiger partial charge in [0.2, 0.25) is 21.8 Å². The zero-order chi connectivity index (χ0) is 40.6. The molecule has 300 valence electrons. The summed E-state index contributed by atoms with van der Waals surface area (Å²) in [5, 5.41) is 11.0. The second kappa shape index (κ2) is 17.9. The fraction of sp³-hybridized carbons (Fsp3) is 0.421. The van der Waals surface area contributed by atoms with Crippen LogP contribution in [-0.2, 0) is 38.6 Å². The summed E-state index contributed by atoms with van der Waals surface area (Å²) >= 11 is 0. The summed E-state index contributed by atoms with van der Waals surface area (Å²) in [5.74, 6) is -0.693. The molecule has 0 aliphatic carbocycles. The number of carbonyl (C=O) groups excluding carboxylic acids is 4. The van der Waals surface area contributed by atoms with Crippen molar-refractivity contribution in [3.05, 3.63) is 71.7 Å². The van der Waals surface area contributed by atoms with Crippen molar-refractivity contribution in [3.63, 3.8) is 0 Å². The van der Waals surface area contributed by atoms with E-state index in [2.05, 4.69) is 20.2 Å². The van der Waals surface area contributed by atoms with Crippen molar-refractivity contribution in [2.75, 3.05) is 55.9 Å². The van der Waals surface area contributed by atoms with Crippen molar-refractivity contribution in [1.82, 2.24) is 19.5 Å². The second-order valence-corrected chi connectivity index (χ2v) is 15.8. The molecule has 1 aliphatic rings. The van der Waals surface area contributed by atoms with Crippen LogP contribution in [0.2, 0.25) is 0 Å². The molecule has 17 nitrogen and oxygen atoms in total. The van der Waals surface area contributed by atoms with Gasteiger partial charge in [-0.2, -0.15) is 4.90 Å². The van der Waals surface area contributed by atoms with E-state index in [9.17, 15) is 27.6 Å². The van der Waals surface area contributed by atoms with Crippen LogP contribution >= 0.6 is 0 Å². The van der Waals surface area contributed by atoms with Gasteiger partial charge in [-0.15, -0.1) is 10.2 Å². The summed E-state index contributed by atoms with van der Waals surface area (Å²) in [6.45, 7) is 9.74. The van der Waals surface area contributed by atoms with Gasteiger partial charge in [-0.3, -0.25) is 24.0 Å². The first-order chi connectivity index (χ1) is 26.5. The van der Waals surface area contributed by atoms with Crippen LogP contribution in [0.25, 0.3) is 16.8 Å². The minimum absolute atomic E-state index is 0.0209. The summed E-state index contributed by atoms with van der Waals surface area (Å²) in [6, 6.07) is 14.0. The standard InChI is InChI=1S/C38H46N6O11S/c1-24-7-8-27(21-31(24)42-56(6,49)50)28-22-32(34-41-40-25(2)43(34)23-28)39-36(47)54-20-18-52-16-15-51-17-19-53-29-11-9-26(10-12-29)30-13-14-33(45)44(35(30)46)37(48)55-38(3,4)5/h7-12,21-23,30,42H,13-20H2,1-6H3,(H,39,47). The molecule has 1 atom stereocenters. The molecule has 0 saturated carbocycles. The van der Waals surface area contributed by atoms with E-state index < -0.39 is 45.5 Å². The molecule has 0 spiro atoms. The lowest BCUT2D eigenvalue weighted by atomic mass is 9.89. The number of benzene rings is 2. The average molecular weight is 795 g/mol. The average Bonchev–Trinajstić information content (AvgIpc) is 3.49. The number of amides is 4. The molecule has 2 N–H and O–H groups in total. The van der Waals surface area contributed by atoms with Gasteiger partial charge >= 0.3 is 12.2 Å². The zero-order valence-electron chi connectivity index (χ0n) is 32.1. The number of aromatic nitrogens is 3. The van der Waals surface area contributed by atoms with Crippen LogP contribution in [0.3, 0.4) is 0 Å². The predicted molar refractivity (Wildman–Crippen MR) is 205 cm³/mol. The SMILES string of the molecule is Cc1ccc(-c2cc(NC(=O)OCCOCCOCCOc3ccc(C4CCC(=O)N(C(=O)OC(C)(C)C)C4=O)cc3)c3nnc(C)n3c2)cc1NS(C)(=O)=O. The van der Waals surface area contributed by atoms with Gasteiger partial charge in [0.25, 0.3) is 0 Å². The number of rotatable bonds is 15. The number of carbonyl (C=O) groups is 4. The first-order valence-corrected chi connectivity index (χ1v) is 19.7. The summed E-state index contributed by atoms with van der Waals surface area (Å²) in [6.07, 6.45) is 1.54. The van der Waals surface area contributed by atoms with Gasteiger partial charge in [0.15, 0.2) is 5.65 Å². The summed E-state index contributed by atoms with van der Waals surface area (Å²) in [5.41, 5.74) is 3.14. The Kier molecular flexibility index (Phi) is 13.3. The van der Waals surface area contributed by atoms with Crippen LogP contribution in [0.15, 0.2) is 54.7 Å². The quantitative estimate of drug-likeness (QED) is 0.117. The van der Waals surface area contributed by atoms with Crippen molar-refractivity contribution in [2.45, 2.75) is 59.0 Å². The Morgan fingerprint density at radius 2 is 1.54 bits per heavy atom. The normalized spacial score (nSPS) is 14.8. The van der Waals surface area contributed by atoms with Crippen LogP contribution in [0.5, 0.6) is 5.75 Å². The molecule has 5 rings (SSSR count). The molecule has 1 fully saturated rings. The van der Waals surface area contributed by atoms with Gasteiger partial charge in [0.1, 0.15) is 30.4 Å².